The van der Waals surface area contributed by atoms with Crippen molar-refractivity contribution < 1.29 is 9.53 Å². The van der Waals surface area contributed by atoms with Crippen LogP contribution in [0.1, 0.15) is 5.56 Å². The molecule has 0 amide bonds. The van der Waals surface area contributed by atoms with E-state index in [1.807, 2.05) is 0 Å². The van der Waals surface area contributed by atoms with Crippen LogP contribution in [0.2, 0.25) is 0 Å². The predicted octanol–water partition coefficient (Wildman–Crippen LogP) is 1.03. The number of hydrogen-bond acceptors (Lipinski definition) is 3. The minimum atomic E-state index is -0.431. The Hall–Kier alpha value is -1.97. The van der Waals surface area contributed by atoms with Gasteiger partial charge in [0, 0.05) is 11.3 Å². The molecule has 1 radical (unpaired) electrons. The molecule has 14 heavy (non-hydrogen) atoms. The van der Waals surface area contributed by atoms with Gasteiger partial charge in [0.2, 0.25) is 0 Å². The van der Waals surface area contributed by atoms with Crippen LogP contribution in [0.15, 0.2) is 23.9 Å². The lowest BCUT2D eigenvalue weighted by Gasteiger charge is -1.99. The van der Waals surface area contributed by atoms with Crippen molar-refractivity contribution in [1.82, 2.24) is 5.32 Å². The highest BCUT2D eigenvalue weighted by Gasteiger charge is 2.20. The number of esters is 1. The number of nitrogens with two attached hydrogens (primary N) is 1. The van der Waals surface area contributed by atoms with Gasteiger partial charge in [-0.1, -0.05) is 0 Å². The molecule has 0 atom stereocenters. The molecule has 0 spiro atoms. The van der Waals surface area contributed by atoms with Crippen LogP contribution in [0.4, 0.5) is 11.4 Å². The number of nitrogen functional groups attached to an aromatic ring is 1. The molecule has 1 aromatic rings. The van der Waals surface area contributed by atoms with Crippen molar-refractivity contribution in [3.63, 3.8) is 0 Å². The maximum atomic E-state index is 11.2. The standard InChI is InChI=1S/C10H9N2O2/c1-14-10(13)9-5-6-4-7(11)2-3-8(6)12-9/h2-5H,11H2,1H3. The quantitative estimate of drug-likeness (QED) is 0.530. The van der Waals surface area contributed by atoms with Crippen molar-refractivity contribution in [3.05, 3.63) is 29.5 Å². The van der Waals surface area contributed by atoms with Crippen LogP contribution < -0.4 is 11.1 Å². The molecule has 1 aliphatic heterocycles. The third-order valence-electron chi connectivity index (χ3n) is 1.98. The van der Waals surface area contributed by atoms with E-state index in [9.17, 15) is 4.79 Å². The zero-order valence-electron chi connectivity index (χ0n) is 7.65. The second-order valence-corrected chi connectivity index (χ2v) is 2.95. The highest BCUT2D eigenvalue weighted by Crippen LogP contribution is 2.29. The average molecular weight is 189 g/mol. The van der Waals surface area contributed by atoms with Crippen molar-refractivity contribution >= 4 is 23.4 Å². The lowest BCUT2D eigenvalue weighted by atomic mass is 10.2. The fraction of sp³-hybridized carbons (Fsp3) is 0.100. The molecule has 2 rings (SSSR count). The highest BCUT2D eigenvalue weighted by molar-refractivity contribution is 5.98. The van der Waals surface area contributed by atoms with E-state index in [1.165, 1.54) is 7.11 Å². The largest absolute Gasteiger partial charge is 0.464 e. The maximum absolute atomic E-state index is 11.2. The van der Waals surface area contributed by atoms with Gasteiger partial charge >= 0.3 is 5.97 Å². The Balaban J connectivity index is 2.34. The molecule has 1 heterocycles. The summed E-state index contributed by atoms with van der Waals surface area (Å²) in [6, 6.07) is 5.29. The lowest BCUT2D eigenvalue weighted by Crippen LogP contribution is -2.08. The molecule has 4 nitrogen and oxygen atoms in total. The molecule has 0 unspecified atom stereocenters. The van der Waals surface area contributed by atoms with E-state index in [0.29, 0.717) is 11.4 Å². The number of hydrogen-bond donors (Lipinski definition) is 1. The van der Waals surface area contributed by atoms with Crippen molar-refractivity contribution in [1.29, 1.82) is 0 Å². The van der Waals surface area contributed by atoms with Gasteiger partial charge < -0.3 is 10.5 Å². The van der Waals surface area contributed by atoms with Gasteiger partial charge in [0.05, 0.1) is 12.8 Å². The van der Waals surface area contributed by atoms with Crippen LogP contribution in [-0.4, -0.2) is 13.1 Å². The first-order valence-electron chi connectivity index (χ1n) is 4.12. The van der Waals surface area contributed by atoms with E-state index >= 15 is 0 Å². The molecule has 0 saturated heterocycles. The predicted molar refractivity (Wildman–Crippen MR) is 52.6 cm³/mol. The number of benzene rings is 1. The van der Waals surface area contributed by atoms with Crippen molar-refractivity contribution in [2.24, 2.45) is 0 Å². The van der Waals surface area contributed by atoms with E-state index in [1.54, 1.807) is 24.3 Å². The number of carbonyl (C=O) groups excluding carboxylic acids is 1. The molecule has 71 valence electrons. The minimum absolute atomic E-state index is 0.313. The molecule has 0 saturated carbocycles. The average Bonchev–Trinajstić information content (AvgIpc) is 2.59. The summed E-state index contributed by atoms with van der Waals surface area (Å²) >= 11 is 0. The second kappa shape index (κ2) is 3.06. The summed E-state index contributed by atoms with van der Waals surface area (Å²) in [4.78, 5) is 11.2. The molecule has 0 bridgehead atoms. The van der Waals surface area contributed by atoms with Gasteiger partial charge in [0.1, 0.15) is 5.70 Å². The normalized spacial score (nSPS) is 12.8. The molecule has 4 heteroatoms. The van der Waals surface area contributed by atoms with E-state index in [2.05, 4.69) is 10.1 Å². The Morgan fingerprint density at radius 2 is 2.29 bits per heavy atom. The zero-order valence-corrected chi connectivity index (χ0v) is 7.65. The zero-order chi connectivity index (χ0) is 10.1. The van der Waals surface area contributed by atoms with Crippen LogP contribution in [0.3, 0.4) is 0 Å². The third kappa shape index (κ3) is 1.31. The Bertz CT molecular complexity index is 424. The smallest absolute Gasteiger partial charge is 0.356 e. The van der Waals surface area contributed by atoms with E-state index in [0.717, 1.165) is 11.3 Å². The summed E-state index contributed by atoms with van der Waals surface area (Å²) in [6.07, 6.45) is 1.66. The lowest BCUT2D eigenvalue weighted by molar-refractivity contribution is -0.136. The van der Waals surface area contributed by atoms with Crippen LogP contribution in [0, 0.1) is 0 Å². The first-order chi connectivity index (χ1) is 6.70. The van der Waals surface area contributed by atoms with Gasteiger partial charge in [0.15, 0.2) is 0 Å². The van der Waals surface area contributed by atoms with Gasteiger partial charge in [-0.15, -0.1) is 0 Å². The first kappa shape index (κ1) is 8.62. The van der Waals surface area contributed by atoms with Gasteiger partial charge in [0.25, 0.3) is 0 Å². The monoisotopic (exact) mass is 189 g/mol. The van der Waals surface area contributed by atoms with E-state index in [-0.39, 0.29) is 0 Å². The number of carbonyl (C=O) groups is 1. The molecular formula is C10H9N2O2. The second-order valence-electron chi connectivity index (χ2n) is 2.95. The van der Waals surface area contributed by atoms with Crippen molar-refractivity contribution in [3.8, 4) is 0 Å². The van der Waals surface area contributed by atoms with Crippen LogP contribution in [0.5, 0.6) is 0 Å². The third-order valence-corrected chi connectivity index (χ3v) is 1.98. The molecule has 2 N–H and O–H groups in total. The summed E-state index contributed by atoms with van der Waals surface area (Å²) < 4.78 is 4.56. The molecule has 0 aliphatic carbocycles. The summed E-state index contributed by atoms with van der Waals surface area (Å²) in [6.45, 7) is 0. The number of anilines is 1. The first-order valence-corrected chi connectivity index (χ1v) is 4.12. The van der Waals surface area contributed by atoms with Crippen molar-refractivity contribution in [2.45, 2.75) is 0 Å². The van der Waals surface area contributed by atoms with Gasteiger partial charge in [-0.2, -0.15) is 0 Å². The van der Waals surface area contributed by atoms with Crippen molar-refractivity contribution in [2.75, 3.05) is 12.8 Å². The number of nitrogens with zero attached hydrogens (tertiary/aromatic N) is 1. The SMILES string of the molecule is COC(=O)C1=Cc2cc(N)ccc2[N]1. The number of methoxy groups -OCH3 is 1. The highest BCUT2D eigenvalue weighted by atomic mass is 16.5. The minimum Gasteiger partial charge on any atom is -0.464 e. The molecule has 0 fully saturated rings. The Kier molecular flexibility index (Phi) is 1.89. The number of ether oxygens (including phenoxy) is 1. The van der Waals surface area contributed by atoms with E-state index < -0.39 is 5.97 Å². The van der Waals surface area contributed by atoms with Gasteiger partial charge in [-0.3, -0.25) is 0 Å². The summed E-state index contributed by atoms with van der Waals surface area (Å²) in [7, 11) is 1.33. The molecule has 1 aromatic carbocycles. The molecular weight excluding hydrogens is 180 g/mol. The van der Waals surface area contributed by atoms with Crippen LogP contribution in [-0.2, 0) is 9.53 Å². The van der Waals surface area contributed by atoms with E-state index in [4.69, 9.17) is 5.73 Å². The van der Waals surface area contributed by atoms with Gasteiger partial charge in [-0.25, -0.2) is 10.1 Å². The maximum Gasteiger partial charge on any atom is 0.356 e. The molecule has 1 aliphatic rings. The fourth-order valence-corrected chi connectivity index (χ4v) is 1.31. The number of fused-ring (bicyclic) bond motifs is 1. The summed E-state index contributed by atoms with van der Waals surface area (Å²) in [5, 5.41) is 4.09. The summed E-state index contributed by atoms with van der Waals surface area (Å²) in [5.41, 5.74) is 8.17. The summed E-state index contributed by atoms with van der Waals surface area (Å²) in [5.74, 6) is -0.431. The topological polar surface area (TPSA) is 66.4 Å². The Morgan fingerprint density at radius 3 is 3.00 bits per heavy atom. The van der Waals surface area contributed by atoms with Crippen LogP contribution in [0.25, 0.3) is 6.08 Å². The fourth-order valence-electron chi connectivity index (χ4n) is 1.31. The Labute approximate surface area is 81.4 Å². The van der Waals surface area contributed by atoms with Gasteiger partial charge in [-0.05, 0) is 24.3 Å². The molecule has 0 aromatic heterocycles. The number of rotatable bonds is 1. The van der Waals surface area contributed by atoms with Crippen LogP contribution >= 0.6 is 0 Å². The Morgan fingerprint density at radius 1 is 1.50 bits per heavy atom.